The van der Waals surface area contributed by atoms with Crippen LogP contribution in [0, 0.1) is 0 Å². The van der Waals surface area contributed by atoms with E-state index >= 15 is 0 Å². The van der Waals surface area contributed by atoms with Crippen molar-refractivity contribution in [3.05, 3.63) is 24.1 Å². The Balaban J connectivity index is 0. The van der Waals surface area contributed by atoms with Gasteiger partial charge in [-0.3, -0.25) is 9.35 Å². The molecule has 15 heavy (non-hydrogen) atoms. The highest BCUT2D eigenvalue weighted by molar-refractivity contribution is 7.88. The molecule has 7 nitrogen and oxygen atoms in total. The number of hydrogen-bond acceptors (Lipinski definition) is 4. The molecule has 0 aromatic carbocycles. The van der Waals surface area contributed by atoms with Gasteiger partial charge >= 0.3 is 11.9 Å². The zero-order chi connectivity index (χ0) is 12.6. The third kappa shape index (κ3) is 15.1. The van der Waals surface area contributed by atoms with E-state index in [0.717, 1.165) is 0 Å². The molecule has 8 heteroatoms. The second-order valence-electron chi connectivity index (χ2n) is 2.16. The van der Waals surface area contributed by atoms with E-state index in [-0.39, 0.29) is 5.57 Å². The van der Waals surface area contributed by atoms with Gasteiger partial charge in [-0.1, -0.05) is 13.2 Å². The first-order valence-corrected chi connectivity index (χ1v) is 4.83. The largest absolute Gasteiger partial charge is 0.481 e. The maximum Gasteiger partial charge on any atom is 0.331 e. The Morgan fingerprint density at radius 2 is 1.60 bits per heavy atom. The molecule has 0 fully saturated rings. The monoisotopic (exact) mass is 238 g/mol. The van der Waals surface area contributed by atoms with Crippen molar-refractivity contribution in [2.24, 2.45) is 0 Å². The minimum absolute atomic E-state index is 0.303. The Morgan fingerprint density at radius 1 is 1.27 bits per heavy atom. The van der Waals surface area contributed by atoms with E-state index < -0.39 is 28.5 Å². The first-order valence-electron chi connectivity index (χ1n) is 3.33. The third-order valence-electron chi connectivity index (χ3n) is 0.878. The summed E-state index contributed by atoms with van der Waals surface area (Å²) in [6.45, 7) is 5.81. The average molecular weight is 238 g/mol. The highest BCUT2D eigenvalue weighted by Crippen LogP contribution is 1.95. The van der Waals surface area contributed by atoms with Crippen molar-refractivity contribution in [1.29, 1.82) is 0 Å². The molecule has 0 spiro atoms. The summed E-state index contributed by atoms with van der Waals surface area (Å²) in [6, 6.07) is 0. The van der Waals surface area contributed by atoms with Gasteiger partial charge in [-0.25, -0.2) is 4.79 Å². The van der Waals surface area contributed by atoms with Crippen molar-refractivity contribution in [2.75, 3.05) is 0 Å². The molecule has 0 atom stereocenters. The molecule has 0 saturated carbocycles. The van der Waals surface area contributed by atoms with Gasteiger partial charge in [0, 0.05) is 5.57 Å². The fourth-order valence-corrected chi connectivity index (χ4v) is 0.258. The zero-order valence-electron chi connectivity index (χ0n) is 7.58. The predicted molar refractivity (Wildman–Crippen MR) is 50.8 cm³/mol. The SMILES string of the molecule is C=C(CC(=O)O)C(=O)O.C=CS(=O)(=O)O. The molecule has 0 rings (SSSR count). The van der Waals surface area contributed by atoms with Gasteiger partial charge in [0.2, 0.25) is 0 Å². The summed E-state index contributed by atoms with van der Waals surface area (Å²) in [6.07, 6.45) is -0.505. The Kier molecular flexibility index (Phi) is 7.09. The Bertz CT molecular complexity index is 353. The molecule has 0 saturated heterocycles. The number of carboxylic acid groups (broad SMARTS) is 2. The fraction of sp³-hybridized carbons (Fsp3) is 0.143. The summed E-state index contributed by atoms with van der Waals surface area (Å²) in [5.41, 5.74) is -0.303. The molecule has 0 radical (unpaired) electrons. The summed E-state index contributed by atoms with van der Waals surface area (Å²) in [5.74, 6) is -2.44. The molecule has 0 aliphatic rings. The van der Waals surface area contributed by atoms with Crippen LogP contribution in [0.3, 0.4) is 0 Å². The molecule has 0 heterocycles. The molecule has 0 amide bonds. The quantitative estimate of drug-likeness (QED) is 0.468. The van der Waals surface area contributed by atoms with Gasteiger partial charge in [0.05, 0.1) is 11.8 Å². The van der Waals surface area contributed by atoms with Crippen LogP contribution in [0.4, 0.5) is 0 Å². The van der Waals surface area contributed by atoms with Crippen molar-refractivity contribution >= 4 is 22.1 Å². The molecule has 0 aliphatic carbocycles. The molecule has 0 aromatic rings. The van der Waals surface area contributed by atoms with Crippen molar-refractivity contribution in [3.8, 4) is 0 Å². The number of carbonyl (C=O) groups is 2. The van der Waals surface area contributed by atoms with E-state index in [4.69, 9.17) is 14.8 Å². The lowest BCUT2D eigenvalue weighted by molar-refractivity contribution is -0.139. The minimum Gasteiger partial charge on any atom is -0.481 e. The fourth-order valence-electron chi connectivity index (χ4n) is 0.258. The Morgan fingerprint density at radius 3 is 1.67 bits per heavy atom. The molecule has 3 N–H and O–H groups in total. The molecule has 0 bridgehead atoms. The second kappa shape index (κ2) is 6.74. The molecule has 0 aliphatic heterocycles. The highest BCUT2D eigenvalue weighted by atomic mass is 32.2. The number of hydrogen-bond donors (Lipinski definition) is 3. The third-order valence-corrected chi connectivity index (χ3v) is 1.30. The van der Waals surface area contributed by atoms with Crippen LogP contribution >= 0.6 is 0 Å². The number of rotatable bonds is 4. The second-order valence-corrected chi connectivity index (χ2v) is 3.52. The summed E-state index contributed by atoms with van der Waals surface area (Å²) < 4.78 is 26.6. The van der Waals surface area contributed by atoms with Gasteiger partial charge in [0.15, 0.2) is 0 Å². The maximum atomic E-state index is 9.87. The first-order chi connectivity index (χ1) is 6.60. The standard InChI is InChI=1S/C5H6O4.C2H4O3S/c1-3(5(8)9)2-4(6)7;1-2-6(3,4)5/h1-2H2,(H,6,7)(H,8,9);2H,1H2,(H,3,4,5). The smallest absolute Gasteiger partial charge is 0.331 e. The van der Waals surface area contributed by atoms with Gasteiger partial charge in [0.25, 0.3) is 10.1 Å². The number of carboxylic acids is 2. The lowest BCUT2D eigenvalue weighted by Gasteiger charge is -1.91. The van der Waals surface area contributed by atoms with Gasteiger partial charge < -0.3 is 10.2 Å². The summed E-state index contributed by atoms with van der Waals surface area (Å²) >= 11 is 0. The van der Waals surface area contributed by atoms with Gasteiger partial charge in [-0.2, -0.15) is 8.42 Å². The van der Waals surface area contributed by atoms with E-state index in [1.54, 1.807) is 0 Å². The summed E-state index contributed by atoms with van der Waals surface area (Å²) in [4.78, 5) is 19.7. The molecule has 0 aromatic heterocycles. The van der Waals surface area contributed by atoms with Crippen LogP contribution in [0.5, 0.6) is 0 Å². The van der Waals surface area contributed by atoms with Crippen LogP contribution < -0.4 is 0 Å². The average Bonchev–Trinajstić information content (AvgIpc) is 2.02. The van der Waals surface area contributed by atoms with Crippen LogP contribution in [-0.2, 0) is 19.7 Å². The van der Waals surface area contributed by atoms with Gasteiger partial charge in [0.1, 0.15) is 0 Å². The zero-order valence-corrected chi connectivity index (χ0v) is 8.40. The summed E-state index contributed by atoms with van der Waals surface area (Å²) in [7, 11) is -3.90. The van der Waals surface area contributed by atoms with Crippen LogP contribution in [-0.4, -0.2) is 35.1 Å². The molecule has 86 valence electrons. The summed E-state index contributed by atoms with van der Waals surface area (Å²) in [5, 5.41) is 16.5. The maximum absolute atomic E-state index is 9.87. The van der Waals surface area contributed by atoms with Gasteiger partial charge in [-0.15, -0.1) is 0 Å². The van der Waals surface area contributed by atoms with E-state index in [2.05, 4.69) is 13.2 Å². The van der Waals surface area contributed by atoms with E-state index in [1.807, 2.05) is 0 Å². The van der Waals surface area contributed by atoms with Crippen LogP contribution in [0.2, 0.25) is 0 Å². The van der Waals surface area contributed by atoms with Crippen LogP contribution in [0.15, 0.2) is 24.1 Å². The Labute approximate surface area is 86.1 Å². The first kappa shape index (κ1) is 15.8. The lowest BCUT2D eigenvalue weighted by atomic mass is 10.2. The molecular weight excluding hydrogens is 228 g/mol. The Hall–Kier alpha value is -1.67. The van der Waals surface area contributed by atoms with E-state index in [0.29, 0.717) is 5.41 Å². The van der Waals surface area contributed by atoms with Crippen molar-refractivity contribution < 1.29 is 32.8 Å². The van der Waals surface area contributed by atoms with Crippen molar-refractivity contribution in [2.45, 2.75) is 6.42 Å². The van der Waals surface area contributed by atoms with Crippen molar-refractivity contribution in [3.63, 3.8) is 0 Å². The minimum atomic E-state index is -3.90. The van der Waals surface area contributed by atoms with Crippen molar-refractivity contribution in [1.82, 2.24) is 0 Å². The molecular formula is C7H10O7S. The lowest BCUT2D eigenvalue weighted by Crippen LogP contribution is -2.04. The van der Waals surface area contributed by atoms with Crippen LogP contribution in [0.25, 0.3) is 0 Å². The van der Waals surface area contributed by atoms with Gasteiger partial charge in [-0.05, 0) is 0 Å². The predicted octanol–water partition coefficient (Wildman–Crippen LogP) is 0.120. The van der Waals surface area contributed by atoms with E-state index in [1.165, 1.54) is 0 Å². The molecule has 0 unspecified atom stereocenters. The highest BCUT2D eigenvalue weighted by Gasteiger charge is 2.07. The van der Waals surface area contributed by atoms with Crippen LogP contribution in [0.1, 0.15) is 6.42 Å². The normalized spacial score (nSPS) is 9.40. The number of aliphatic carboxylic acids is 2. The van der Waals surface area contributed by atoms with E-state index in [9.17, 15) is 18.0 Å². The topological polar surface area (TPSA) is 129 Å².